The summed E-state index contributed by atoms with van der Waals surface area (Å²) in [4.78, 5) is 19.2. The van der Waals surface area contributed by atoms with Crippen molar-refractivity contribution in [2.24, 2.45) is 5.92 Å². The molecule has 0 saturated carbocycles. The Morgan fingerprint density at radius 2 is 2.22 bits per heavy atom. The van der Waals surface area contributed by atoms with E-state index in [1.165, 1.54) is 0 Å². The van der Waals surface area contributed by atoms with E-state index >= 15 is 0 Å². The van der Waals surface area contributed by atoms with Gasteiger partial charge in [0.15, 0.2) is 0 Å². The molecule has 18 heavy (non-hydrogen) atoms. The number of aryl methyl sites for hydroxylation is 1. The van der Waals surface area contributed by atoms with Crippen molar-refractivity contribution in [3.63, 3.8) is 0 Å². The van der Waals surface area contributed by atoms with Crippen molar-refractivity contribution in [2.75, 3.05) is 18.5 Å². The van der Waals surface area contributed by atoms with Gasteiger partial charge in [0.2, 0.25) is 11.8 Å². The SMILES string of the molecule is CCOc1cc(C)nc(NCC(CC)C(=O)O)n1. The van der Waals surface area contributed by atoms with Gasteiger partial charge in [-0.1, -0.05) is 6.92 Å². The number of carboxylic acids is 1. The number of hydrogen-bond donors (Lipinski definition) is 2. The molecule has 0 amide bonds. The zero-order valence-electron chi connectivity index (χ0n) is 10.9. The highest BCUT2D eigenvalue weighted by atomic mass is 16.5. The van der Waals surface area contributed by atoms with Crippen LogP contribution in [0.5, 0.6) is 5.88 Å². The zero-order chi connectivity index (χ0) is 13.5. The molecule has 1 atom stereocenters. The zero-order valence-corrected chi connectivity index (χ0v) is 10.9. The molecule has 6 nitrogen and oxygen atoms in total. The minimum atomic E-state index is -0.817. The highest BCUT2D eigenvalue weighted by Gasteiger charge is 2.15. The molecule has 0 saturated heterocycles. The molecule has 0 aliphatic rings. The van der Waals surface area contributed by atoms with Crippen LogP contribution in [0.3, 0.4) is 0 Å². The van der Waals surface area contributed by atoms with Crippen LogP contribution in [0.15, 0.2) is 6.07 Å². The standard InChI is InChI=1S/C12H19N3O3/c1-4-9(11(16)17)7-13-12-14-8(3)6-10(15-12)18-5-2/h6,9H,4-5,7H2,1-3H3,(H,16,17)(H,13,14,15). The lowest BCUT2D eigenvalue weighted by atomic mass is 10.1. The van der Waals surface area contributed by atoms with Gasteiger partial charge >= 0.3 is 5.97 Å². The van der Waals surface area contributed by atoms with Crippen LogP contribution in [0.4, 0.5) is 5.95 Å². The lowest BCUT2D eigenvalue weighted by Crippen LogP contribution is -2.23. The van der Waals surface area contributed by atoms with Gasteiger partial charge in [-0.05, 0) is 20.3 Å². The highest BCUT2D eigenvalue weighted by Crippen LogP contribution is 2.12. The van der Waals surface area contributed by atoms with Crippen molar-refractivity contribution in [2.45, 2.75) is 27.2 Å². The third kappa shape index (κ3) is 4.20. The van der Waals surface area contributed by atoms with Crippen molar-refractivity contribution < 1.29 is 14.6 Å². The molecule has 0 aliphatic carbocycles. The maximum absolute atomic E-state index is 10.9. The molecule has 1 aromatic heterocycles. The number of hydrogen-bond acceptors (Lipinski definition) is 5. The summed E-state index contributed by atoms with van der Waals surface area (Å²) < 4.78 is 5.30. The molecule has 1 rings (SSSR count). The molecule has 6 heteroatoms. The summed E-state index contributed by atoms with van der Waals surface area (Å²) in [5.41, 5.74) is 0.777. The van der Waals surface area contributed by atoms with Gasteiger partial charge in [0.1, 0.15) is 0 Å². The van der Waals surface area contributed by atoms with Crippen molar-refractivity contribution in [3.8, 4) is 5.88 Å². The molecule has 0 spiro atoms. The number of nitrogens with zero attached hydrogens (tertiary/aromatic N) is 2. The Morgan fingerprint density at radius 1 is 1.50 bits per heavy atom. The van der Waals surface area contributed by atoms with E-state index < -0.39 is 11.9 Å². The van der Waals surface area contributed by atoms with Crippen molar-refractivity contribution in [3.05, 3.63) is 11.8 Å². The van der Waals surface area contributed by atoms with E-state index in [2.05, 4.69) is 15.3 Å². The second-order valence-electron chi connectivity index (χ2n) is 3.93. The maximum atomic E-state index is 10.9. The van der Waals surface area contributed by atoms with Gasteiger partial charge < -0.3 is 15.2 Å². The van der Waals surface area contributed by atoms with E-state index in [-0.39, 0.29) is 0 Å². The fourth-order valence-corrected chi connectivity index (χ4v) is 1.46. The molecule has 0 fully saturated rings. The predicted molar refractivity (Wildman–Crippen MR) is 67.8 cm³/mol. The molecule has 0 bridgehead atoms. The van der Waals surface area contributed by atoms with Crippen molar-refractivity contribution >= 4 is 11.9 Å². The lowest BCUT2D eigenvalue weighted by Gasteiger charge is -2.12. The van der Waals surface area contributed by atoms with Crippen molar-refractivity contribution in [1.82, 2.24) is 9.97 Å². The number of carboxylic acid groups (broad SMARTS) is 1. The van der Waals surface area contributed by atoms with Crippen LogP contribution in [0.1, 0.15) is 26.0 Å². The Morgan fingerprint density at radius 3 is 2.78 bits per heavy atom. The monoisotopic (exact) mass is 253 g/mol. The smallest absolute Gasteiger partial charge is 0.308 e. The number of ether oxygens (including phenoxy) is 1. The molecule has 100 valence electrons. The second-order valence-corrected chi connectivity index (χ2v) is 3.93. The first kappa shape index (κ1) is 14.2. The van der Waals surface area contributed by atoms with Gasteiger partial charge in [-0.3, -0.25) is 4.79 Å². The Bertz CT molecular complexity index is 410. The Kier molecular flexibility index (Phi) is 5.35. The average Bonchev–Trinajstić information content (AvgIpc) is 2.29. The average molecular weight is 253 g/mol. The van der Waals surface area contributed by atoms with E-state index in [1.807, 2.05) is 20.8 Å². The first-order valence-corrected chi connectivity index (χ1v) is 6.02. The summed E-state index contributed by atoms with van der Waals surface area (Å²) in [7, 11) is 0. The fourth-order valence-electron chi connectivity index (χ4n) is 1.46. The van der Waals surface area contributed by atoms with E-state index in [0.717, 1.165) is 5.69 Å². The Labute approximate surface area is 106 Å². The first-order chi connectivity index (χ1) is 8.56. The highest BCUT2D eigenvalue weighted by molar-refractivity contribution is 5.70. The topological polar surface area (TPSA) is 84.3 Å². The van der Waals surface area contributed by atoms with E-state index in [1.54, 1.807) is 6.07 Å². The van der Waals surface area contributed by atoms with Crippen LogP contribution in [0, 0.1) is 12.8 Å². The number of rotatable bonds is 7. The number of aromatic nitrogens is 2. The quantitative estimate of drug-likeness (QED) is 0.769. The molecular formula is C12H19N3O3. The third-order valence-corrected chi connectivity index (χ3v) is 2.47. The minimum Gasteiger partial charge on any atom is -0.481 e. The molecule has 1 aromatic rings. The van der Waals surface area contributed by atoms with Gasteiger partial charge in [-0.2, -0.15) is 4.98 Å². The Balaban J connectivity index is 2.69. The van der Waals surface area contributed by atoms with Gasteiger partial charge in [0, 0.05) is 18.3 Å². The lowest BCUT2D eigenvalue weighted by molar-refractivity contribution is -0.141. The molecule has 0 aromatic carbocycles. The molecule has 0 aliphatic heterocycles. The van der Waals surface area contributed by atoms with E-state index in [0.29, 0.717) is 31.4 Å². The Hall–Kier alpha value is -1.85. The van der Waals surface area contributed by atoms with Crippen LogP contribution in [0.25, 0.3) is 0 Å². The third-order valence-electron chi connectivity index (χ3n) is 2.47. The predicted octanol–water partition coefficient (Wildman–Crippen LogP) is 1.71. The summed E-state index contributed by atoms with van der Waals surface area (Å²) in [6.45, 7) is 6.39. The normalized spacial score (nSPS) is 11.9. The van der Waals surface area contributed by atoms with Crippen LogP contribution < -0.4 is 10.1 Å². The van der Waals surface area contributed by atoms with Gasteiger partial charge in [-0.25, -0.2) is 4.98 Å². The second kappa shape index (κ2) is 6.78. The van der Waals surface area contributed by atoms with Crippen LogP contribution in [-0.4, -0.2) is 34.2 Å². The minimum absolute atomic E-state index is 0.306. The first-order valence-electron chi connectivity index (χ1n) is 6.02. The molecule has 0 radical (unpaired) electrons. The molecule has 1 heterocycles. The van der Waals surface area contributed by atoms with Crippen molar-refractivity contribution in [1.29, 1.82) is 0 Å². The molecule has 2 N–H and O–H groups in total. The summed E-state index contributed by atoms with van der Waals surface area (Å²) in [5.74, 6) is -0.360. The van der Waals surface area contributed by atoms with E-state index in [9.17, 15) is 4.79 Å². The summed E-state index contributed by atoms with van der Waals surface area (Å²) in [6, 6.07) is 1.74. The van der Waals surface area contributed by atoms with E-state index in [4.69, 9.17) is 9.84 Å². The van der Waals surface area contributed by atoms with Gasteiger partial charge in [0.05, 0.1) is 12.5 Å². The number of aliphatic carboxylic acids is 1. The summed E-state index contributed by atoms with van der Waals surface area (Å²) in [6.07, 6.45) is 0.562. The maximum Gasteiger partial charge on any atom is 0.308 e. The van der Waals surface area contributed by atoms with Crippen LogP contribution >= 0.6 is 0 Å². The molecule has 1 unspecified atom stereocenters. The summed E-state index contributed by atoms with van der Waals surface area (Å²) >= 11 is 0. The summed E-state index contributed by atoms with van der Waals surface area (Å²) in [5, 5.41) is 11.9. The van der Waals surface area contributed by atoms with Crippen LogP contribution in [-0.2, 0) is 4.79 Å². The largest absolute Gasteiger partial charge is 0.481 e. The number of nitrogens with one attached hydrogen (secondary N) is 1. The van der Waals surface area contributed by atoms with Crippen LogP contribution in [0.2, 0.25) is 0 Å². The number of carbonyl (C=O) groups is 1. The van der Waals surface area contributed by atoms with Gasteiger partial charge in [0.25, 0.3) is 0 Å². The molecular weight excluding hydrogens is 234 g/mol. The van der Waals surface area contributed by atoms with Gasteiger partial charge in [-0.15, -0.1) is 0 Å². The number of anilines is 1. The fraction of sp³-hybridized carbons (Fsp3) is 0.583.